The zero-order valence-electron chi connectivity index (χ0n) is 16.4. The van der Waals surface area contributed by atoms with Crippen molar-refractivity contribution >= 4 is 0 Å². The minimum Gasteiger partial charge on any atom is -0.0654 e. The highest BCUT2D eigenvalue weighted by atomic mass is 14.2. The Kier molecular flexibility index (Phi) is 15.4. The maximum absolute atomic E-state index is 2.30. The maximum atomic E-state index is 2.30. The van der Waals surface area contributed by atoms with Gasteiger partial charge in [0.25, 0.3) is 0 Å². The van der Waals surface area contributed by atoms with Gasteiger partial charge in [0.05, 0.1) is 0 Å². The molecule has 0 aromatic carbocycles. The third-order valence-electron chi connectivity index (χ3n) is 5.94. The van der Waals surface area contributed by atoms with E-state index in [-0.39, 0.29) is 0 Å². The van der Waals surface area contributed by atoms with Gasteiger partial charge < -0.3 is 0 Å². The Bertz CT molecular complexity index is 214. The van der Waals surface area contributed by atoms with Gasteiger partial charge in [-0.3, -0.25) is 0 Å². The van der Waals surface area contributed by atoms with Crippen molar-refractivity contribution in [3.63, 3.8) is 0 Å². The molecule has 1 fully saturated rings. The van der Waals surface area contributed by atoms with Crippen LogP contribution in [-0.4, -0.2) is 0 Å². The molecule has 0 atom stereocenters. The lowest BCUT2D eigenvalue weighted by molar-refractivity contribution is 0.459. The first-order valence-electron chi connectivity index (χ1n) is 11.4. The highest BCUT2D eigenvalue weighted by Gasteiger charge is 2.13. The molecular weight excluding hydrogens is 276 g/mol. The lowest BCUT2D eigenvalue weighted by Crippen LogP contribution is -1.92. The van der Waals surface area contributed by atoms with E-state index in [2.05, 4.69) is 6.92 Å². The topological polar surface area (TPSA) is 0 Å². The van der Waals surface area contributed by atoms with E-state index in [1.807, 2.05) is 0 Å². The molecule has 0 radical (unpaired) electrons. The van der Waals surface area contributed by atoms with Gasteiger partial charge in [-0.2, -0.15) is 0 Å². The highest BCUT2D eigenvalue weighted by Crippen LogP contribution is 2.29. The van der Waals surface area contributed by atoms with Crippen molar-refractivity contribution in [1.29, 1.82) is 0 Å². The molecule has 0 heteroatoms. The van der Waals surface area contributed by atoms with Crippen LogP contribution in [0.4, 0.5) is 0 Å². The van der Waals surface area contributed by atoms with E-state index >= 15 is 0 Å². The maximum Gasteiger partial charge on any atom is -0.0414 e. The molecule has 138 valence electrons. The Morgan fingerprint density at radius 3 is 1.22 bits per heavy atom. The van der Waals surface area contributed by atoms with Crippen LogP contribution < -0.4 is 0 Å². The third kappa shape index (κ3) is 14.1. The molecule has 0 heterocycles. The number of unbranched alkanes of at least 4 members (excludes halogenated alkanes) is 15. The summed E-state index contributed by atoms with van der Waals surface area (Å²) in [7, 11) is 0. The van der Waals surface area contributed by atoms with Gasteiger partial charge in [0, 0.05) is 0 Å². The van der Waals surface area contributed by atoms with Gasteiger partial charge in [-0.25, -0.2) is 0 Å². The molecule has 1 saturated carbocycles. The van der Waals surface area contributed by atoms with Crippen molar-refractivity contribution in [2.24, 2.45) is 5.92 Å². The fourth-order valence-electron chi connectivity index (χ4n) is 4.28. The second-order valence-corrected chi connectivity index (χ2v) is 8.24. The minimum atomic E-state index is 1.11. The molecule has 0 aromatic rings. The van der Waals surface area contributed by atoms with Gasteiger partial charge in [-0.15, -0.1) is 0 Å². The van der Waals surface area contributed by atoms with Crippen molar-refractivity contribution in [2.75, 3.05) is 0 Å². The zero-order valence-corrected chi connectivity index (χ0v) is 16.4. The molecule has 0 unspecified atom stereocenters. The van der Waals surface area contributed by atoms with Crippen LogP contribution in [0.2, 0.25) is 0 Å². The van der Waals surface area contributed by atoms with Crippen molar-refractivity contribution in [3.05, 3.63) is 0 Å². The van der Waals surface area contributed by atoms with Crippen LogP contribution in [0.25, 0.3) is 0 Å². The van der Waals surface area contributed by atoms with Crippen LogP contribution in [0.1, 0.15) is 142 Å². The average molecular weight is 323 g/mol. The smallest absolute Gasteiger partial charge is 0.0414 e. The van der Waals surface area contributed by atoms with Crippen LogP contribution in [0.3, 0.4) is 0 Å². The van der Waals surface area contributed by atoms with Gasteiger partial charge >= 0.3 is 0 Å². The van der Waals surface area contributed by atoms with Crippen LogP contribution >= 0.6 is 0 Å². The van der Waals surface area contributed by atoms with E-state index in [0.717, 1.165) is 5.92 Å². The molecule has 1 rings (SSSR count). The first kappa shape index (κ1) is 21.0. The second kappa shape index (κ2) is 16.8. The van der Waals surface area contributed by atoms with Crippen molar-refractivity contribution in [1.82, 2.24) is 0 Å². The van der Waals surface area contributed by atoms with E-state index in [4.69, 9.17) is 0 Å². The van der Waals surface area contributed by atoms with Crippen LogP contribution in [0.15, 0.2) is 0 Å². The van der Waals surface area contributed by atoms with Crippen LogP contribution in [-0.2, 0) is 0 Å². The first-order valence-corrected chi connectivity index (χ1v) is 11.4. The summed E-state index contributed by atoms with van der Waals surface area (Å²) >= 11 is 0. The summed E-state index contributed by atoms with van der Waals surface area (Å²) in [6.45, 7) is 2.30. The molecule has 0 N–H and O–H groups in total. The first-order chi connectivity index (χ1) is 11.4. The monoisotopic (exact) mass is 322 g/mol. The molecule has 1 aliphatic rings. The van der Waals surface area contributed by atoms with Crippen molar-refractivity contribution in [3.8, 4) is 0 Å². The second-order valence-electron chi connectivity index (χ2n) is 8.24. The molecule has 0 saturated heterocycles. The minimum absolute atomic E-state index is 1.11. The Hall–Kier alpha value is 0. The molecule has 1 aliphatic carbocycles. The average Bonchev–Trinajstić information content (AvgIpc) is 3.08. The third-order valence-corrected chi connectivity index (χ3v) is 5.94. The molecule has 0 aliphatic heterocycles. The Morgan fingerprint density at radius 2 is 0.826 bits per heavy atom. The van der Waals surface area contributed by atoms with Crippen LogP contribution in [0.5, 0.6) is 0 Å². The van der Waals surface area contributed by atoms with E-state index in [9.17, 15) is 0 Å². The Labute approximate surface area is 148 Å². The predicted molar refractivity (Wildman–Crippen MR) is 106 cm³/mol. The summed E-state index contributed by atoms with van der Waals surface area (Å²) in [6, 6.07) is 0. The van der Waals surface area contributed by atoms with E-state index in [1.54, 1.807) is 19.3 Å². The number of hydrogen-bond acceptors (Lipinski definition) is 0. The molecule has 0 nitrogen and oxygen atoms in total. The summed E-state index contributed by atoms with van der Waals surface area (Å²) in [4.78, 5) is 0. The zero-order chi connectivity index (χ0) is 16.4. The normalized spacial score (nSPS) is 15.5. The predicted octanol–water partition coefficient (Wildman–Crippen LogP) is 8.83. The van der Waals surface area contributed by atoms with E-state index < -0.39 is 0 Å². The summed E-state index contributed by atoms with van der Waals surface area (Å²) in [5.41, 5.74) is 0. The molecule has 0 spiro atoms. The lowest BCUT2D eigenvalue weighted by atomic mass is 9.99. The van der Waals surface area contributed by atoms with E-state index in [1.165, 1.54) is 116 Å². The standard InChI is InChI=1S/C23H46/c1-2-3-4-5-6-7-8-9-10-11-12-13-14-15-16-17-20-23-21-18-19-22-23/h23H,2-22H2,1H3. The van der Waals surface area contributed by atoms with Gasteiger partial charge in [-0.05, 0) is 5.92 Å². The molecular formula is C23H46. The summed E-state index contributed by atoms with van der Waals surface area (Å²) in [6.07, 6.45) is 31.4. The van der Waals surface area contributed by atoms with E-state index in [0.29, 0.717) is 0 Å². The highest BCUT2D eigenvalue weighted by molar-refractivity contribution is 4.67. The van der Waals surface area contributed by atoms with Crippen molar-refractivity contribution < 1.29 is 0 Å². The fraction of sp³-hybridized carbons (Fsp3) is 1.00. The SMILES string of the molecule is CCCCCCCCCCCCCCCCCCC1CCCC1. The quantitative estimate of drug-likeness (QED) is 0.235. The molecule has 0 aromatic heterocycles. The fourth-order valence-corrected chi connectivity index (χ4v) is 4.28. The molecule has 23 heavy (non-hydrogen) atoms. The summed E-state index contributed by atoms with van der Waals surface area (Å²) < 4.78 is 0. The van der Waals surface area contributed by atoms with Gasteiger partial charge in [0.15, 0.2) is 0 Å². The van der Waals surface area contributed by atoms with Gasteiger partial charge in [0.1, 0.15) is 0 Å². The van der Waals surface area contributed by atoms with Crippen LogP contribution in [0, 0.1) is 5.92 Å². The summed E-state index contributed by atoms with van der Waals surface area (Å²) in [5.74, 6) is 1.11. The summed E-state index contributed by atoms with van der Waals surface area (Å²) in [5, 5.41) is 0. The Morgan fingerprint density at radius 1 is 0.478 bits per heavy atom. The number of hydrogen-bond donors (Lipinski definition) is 0. The Balaban J connectivity index is 1.64. The van der Waals surface area contributed by atoms with Gasteiger partial charge in [0.2, 0.25) is 0 Å². The molecule has 0 amide bonds. The largest absolute Gasteiger partial charge is 0.0654 e. The van der Waals surface area contributed by atoms with Crippen molar-refractivity contribution in [2.45, 2.75) is 142 Å². The lowest BCUT2D eigenvalue weighted by Gasteiger charge is -2.08. The number of rotatable bonds is 17. The van der Waals surface area contributed by atoms with Gasteiger partial charge in [-0.1, -0.05) is 142 Å². The molecule has 0 bridgehead atoms.